The fourth-order valence-electron chi connectivity index (χ4n) is 4.48. The average Bonchev–Trinajstić information content (AvgIpc) is 3.49. The molecule has 1 amide bonds. The predicted molar refractivity (Wildman–Crippen MR) is 141 cm³/mol. The fraction of sp³-hybridized carbons (Fsp3) is 0.480. The van der Waals surface area contributed by atoms with E-state index >= 15 is 0 Å². The van der Waals surface area contributed by atoms with Gasteiger partial charge in [-0.05, 0) is 74.7 Å². The van der Waals surface area contributed by atoms with Gasteiger partial charge in [0.1, 0.15) is 5.82 Å². The summed E-state index contributed by atoms with van der Waals surface area (Å²) in [5.74, 6) is 0.632. The number of carbonyl (C=O) groups excluding carboxylic acids is 1. The Morgan fingerprint density at radius 3 is 2.64 bits per heavy atom. The molecule has 2 aliphatic heterocycles. The first-order chi connectivity index (χ1) is 17.4. The van der Waals surface area contributed by atoms with Crippen molar-refractivity contribution in [1.82, 2.24) is 25.3 Å². The lowest BCUT2D eigenvalue weighted by molar-refractivity contribution is -0.114. The predicted octanol–water partition coefficient (Wildman–Crippen LogP) is 4.10. The van der Waals surface area contributed by atoms with E-state index in [1.54, 1.807) is 18.3 Å². The van der Waals surface area contributed by atoms with Gasteiger partial charge in [-0.3, -0.25) is 9.69 Å². The summed E-state index contributed by atoms with van der Waals surface area (Å²) in [7, 11) is 0. The molecule has 2 aliphatic rings. The Bertz CT molecular complexity index is 1100. The number of rotatable bonds is 6. The molecule has 3 aromatic rings. The van der Waals surface area contributed by atoms with Crippen LogP contribution in [0, 0.1) is 12.7 Å². The summed E-state index contributed by atoms with van der Waals surface area (Å²) in [5.41, 5.74) is 2.12. The molecule has 2 saturated heterocycles. The van der Waals surface area contributed by atoms with Crippen LogP contribution in [-0.4, -0.2) is 63.4 Å². The van der Waals surface area contributed by atoms with Gasteiger partial charge in [-0.15, -0.1) is 15.3 Å². The molecule has 0 spiro atoms. The Morgan fingerprint density at radius 1 is 1.11 bits per heavy atom. The molecule has 1 atom stereocenters. The highest BCUT2D eigenvalue weighted by atomic mass is 32.1. The minimum Gasteiger partial charge on any atom is -0.355 e. The Kier molecular flexibility index (Phi) is 9.12. The average molecular weight is 513 g/mol. The third-order valence-corrected chi connectivity index (χ3v) is 6.83. The molecule has 0 radical (unpaired) electrons. The summed E-state index contributed by atoms with van der Waals surface area (Å²) in [5, 5.41) is 23.1. The van der Waals surface area contributed by atoms with Gasteiger partial charge in [0.2, 0.25) is 16.2 Å². The molecule has 9 nitrogen and oxygen atoms in total. The minimum atomic E-state index is -0.146. The second-order valence-electron chi connectivity index (χ2n) is 9.22. The molecule has 0 saturated carbocycles. The molecule has 5 rings (SSSR count). The maximum absolute atomic E-state index is 13.2. The second-order valence-corrected chi connectivity index (χ2v) is 10.2. The number of carbonyl (C=O) groups is 1. The first-order valence-electron chi connectivity index (χ1n) is 12.3. The molecule has 2 fully saturated rings. The number of hydrogen-bond acceptors (Lipinski definition) is 9. The highest BCUT2D eigenvalue weighted by Crippen LogP contribution is 2.24. The molecule has 36 heavy (non-hydrogen) atoms. The molecule has 11 heteroatoms. The van der Waals surface area contributed by atoms with E-state index in [1.807, 2.05) is 19.1 Å². The summed E-state index contributed by atoms with van der Waals surface area (Å²) in [6.07, 6.45) is 6.58. The van der Waals surface area contributed by atoms with Crippen LogP contribution in [0.2, 0.25) is 0 Å². The third kappa shape index (κ3) is 7.92. The topological polar surface area (TPSA) is 99.2 Å². The fourth-order valence-corrected chi connectivity index (χ4v) is 5.25. The maximum atomic E-state index is 13.2. The van der Waals surface area contributed by atoms with E-state index in [-0.39, 0.29) is 17.8 Å². The largest absolute Gasteiger partial charge is 0.355 e. The number of aryl methyl sites for hydroxylation is 1. The quantitative estimate of drug-likeness (QED) is 0.509. The van der Waals surface area contributed by atoms with E-state index in [0.717, 1.165) is 56.1 Å². The number of anilines is 3. The number of likely N-dealkylation sites (tertiary alicyclic amines) is 1. The van der Waals surface area contributed by atoms with Crippen LogP contribution in [0.5, 0.6) is 0 Å². The van der Waals surface area contributed by atoms with Gasteiger partial charge in [-0.1, -0.05) is 23.8 Å². The number of aromatic nitrogens is 4. The summed E-state index contributed by atoms with van der Waals surface area (Å²) in [4.78, 5) is 15.6. The van der Waals surface area contributed by atoms with Crippen molar-refractivity contribution >= 4 is 33.3 Å². The Labute approximate surface area is 215 Å². The molecular weight excluding hydrogens is 479 g/mol. The van der Waals surface area contributed by atoms with Crippen molar-refractivity contribution in [3.8, 4) is 0 Å². The van der Waals surface area contributed by atoms with Crippen molar-refractivity contribution in [2.24, 2.45) is 0 Å². The van der Waals surface area contributed by atoms with Crippen LogP contribution >= 0.6 is 11.3 Å². The van der Waals surface area contributed by atoms with Gasteiger partial charge >= 0.3 is 0 Å². The van der Waals surface area contributed by atoms with E-state index in [9.17, 15) is 9.18 Å². The minimum absolute atomic E-state index is 0.109. The van der Waals surface area contributed by atoms with E-state index < -0.39 is 0 Å². The van der Waals surface area contributed by atoms with Crippen molar-refractivity contribution in [1.29, 1.82) is 0 Å². The first-order valence-corrected chi connectivity index (χ1v) is 13.1. The molecule has 4 heterocycles. The Morgan fingerprint density at radius 2 is 1.92 bits per heavy atom. The second kappa shape index (κ2) is 12.7. The van der Waals surface area contributed by atoms with Gasteiger partial charge in [-0.25, -0.2) is 4.39 Å². The smallest absolute Gasteiger partial charge is 0.223 e. The zero-order valence-corrected chi connectivity index (χ0v) is 21.6. The van der Waals surface area contributed by atoms with Crippen molar-refractivity contribution in [2.75, 3.05) is 41.7 Å². The molecule has 1 unspecified atom stereocenters. The van der Waals surface area contributed by atoms with Gasteiger partial charge in [0, 0.05) is 38.8 Å². The Balaban J connectivity index is 0.000000179. The lowest BCUT2D eigenvalue weighted by atomic mass is 10.1. The van der Waals surface area contributed by atoms with E-state index in [1.165, 1.54) is 37.5 Å². The molecule has 1 aromatic carbocycles. The first kappa shape index (κ1) is 25.9. The molecule has 0 bridgehead atoms. The van der Waals surface area contributed by atoms with Crippen LogP contribution in [0.1, 0.15) is 43.7 Å². The SMILES string of the molecule is CC(=O)Nc1nnc(NC2CCN(c3cccnn3)C2)s1.Cc1cc(F)cc(CN2CCCCC2)c1. The van der Waals surface area contributed by atoms with E-state index in [0.29, 0.717) is 10.3 Å². The van der Waals surface area contributed by atoms with E-state index in [4.69, 9.17) is 0 Å². The van der Waals surface area contributed by atoms with Gasteiger partial charge in [-0.2, -0.15) is 5.10 Å². The summed E-state index contributed by atoms with van der Waals surface area (Å²) in [6, 6.07) is 9.44. The number of hydrogen-bond donors (Lipinski definition) is 2. The molecule has 2 N–H and O–H groups in total. The normalized spacial score (nSPS) is 17.9. The lowest BCUT2D eigenvalue weighted by Gasteiger charge is -2.26. The zero-order valence-electron chi connectivity index (χ0n) is 20.8. The third-order valence-electron chi connectivity index (χ3n) is 6.06. The molecular formula is C25H33FN8OS. The Hall–Kier alpha value is -3.18. The van der Waals surface area contributed by atoms with Crippen molar-refractivity contribution < 1.29 is 9.18 Å². The summed E-state index contributed by atoms with van der Waals surface area (Å²) >= 11 is 1.33. The van der Waals surface area contributed by atoms with Crippen LogP contribution in [0.15, 0.2) is 36.5 Å². The van der Waals surface area contributed by atoms with Crippen LogP contribution in [0.25, 0.3) is 0 Å². The van der Waals surface area contributed by atoms with Crippen molar-refractivity contribution in [2.45, 2.75) is 52.1 Å². The van der Waals surface area contributed by atoms with Crippen LogP contribution in [-0.2, 0) is 11.3 Å². The van der Waals surface area contributed by atoms with Crippen molar-refractivity contribution in [3.05, 3.63) is 53.5 Å². The molecule has 0 aliphatic carbocycles. The number of nitrogens with zero attached hydrogens (tertiary/aromatic N) is 6. The van der Waals surface area contributed by atoms with Crippen LogP contribution < -0.4 is 15.5 Å². The monoisotopic (exact) mass is 512 g/mol. The van der Waals surface area contributed by atoms with E-state index in [2.05, 4.69) is 46.9 Å². The highest BCUT2D eigenvalue weighted by Gasteiger charge is 2.24. The van der Waals surface area contributed by atoms with Crippen LogP contribution in [0.3, 0.4) is 0 Å². The van der Waals surface area contributed by atoms with Gasteiger partial charge in [0.25, 0.3) is 0 Å². The molecule has 192 valence electrons. The summed E-state index contributed by atoms with van der Waals surface area (Å²) in [6.45, 7) is 8.39. The standard InChI is InChI=1S/C13H18FN.C12H15N7OS/c1-11-7-12(9-13(14)8-11)10-15-5-3-2-4-6-15;1-8(20)14-11-17-18-12(21-11)15-9-4-6-19(7-9)10-3-2-5-13-16-10/h7-9H,2-6,10H2,1H3;2-3,5,9H,4,6-7H2,1H3,(H,15,18)(H,14,17,20). The van der Waals surface area contributed by atoms with Gasteiger partial charge in [0.15, 0.2) is 5.82 Å². The highest BCUT2D eigenvalue weighted by molar-refractivity contribution is 7.19. The number of amides is 1. The number of halogens is 1. The van der Waals surface area contributed by atoms with Crippen LogP contribution in [0.4, 0.5) is 20.5 Å². The lowest BCUT2D eigenvalue weighted by Crippen LogP contribution is -2.29. The van der Waals surface area contributed by atoms with Gasteiger partial charge in [0.05, 0.1) is 0 Å². The number of nitrogens with one attached hydrogen (secondary N) is 2. The zero-order chi connectivity index (χ0) is 25.3. The summed E-state index contributed by atoms with van der Waals surface area (Å²) < 4.78 is 13.2. The molecule has 2 aromatic heterocycles. The van der Waals surface area contributed by atoms with Crippen molar-refractivity contribution in [3.63, 3.8) is 0 Å². The number of piperidine rings is 1. The number of benzene rings is 1. The van der Waals surface area contributed by atoms with Gasteiger partial charge < -0.3 is 15.5 Å². The maximum Gasteiger partial charge on any atom is 0.223 e.